The van der Waals surface area contributed by atoms with Crippen LogP contribution in [-0.4, -0.2) is 47.1 Å². The second-order valence-corrected chi connectivity index (χ2v) is 14.5. The number of carbonyl (C=O) groups is 1. The number of hydrogen-bond donors (Lipinski definition) is 0. The Bertz CT molecular complexity index is 809. The number of carbonyl (C=O) groups excluding carboxylic acids is 1. The monoisotopic (exact) mass is 427 g/mol. The normalized spacial score (nSPS) is 14.3. The number of rotatable bonds is 10. The van der Waals surface area contributed by atoms with Gasteiger partial charge in [-0.25, -0.2) is 4.79 Å². The zero-order valence-electron chi connectivity index (χ0n) is 18.5. The van der Waals surface area contributed by atoms with Gasteiger partial charge in [0.2, 0.25) is 0 Å². The highest BCUT2D eigenvalue weighted by Crippen LogP contribution is 2.32. The first-order valence-electron chi connectivity index (χ1n) is 10.7. The van der Waals surface area contributed by atoms with Crippen molar-refractivity contribution in [2.45, 2.75) is 38.5 Å². The first-order valence-corrected chi connectivity index (χ1v) is 14.4. The Balaban J connectivity index is 1.42. The molecular weight excluding hydrogens is 394 g/mol. The van der Waals surface area contributed by atoms with Crippen LogP contribution >= 0.6 is 0 Å². The molecule has 1 saturated heterocycles. The highest BCUT2D eigenvalue weighted by Gasteiger charge is 2.28. The Morgan fingerprint density at radius 2 is 1.70 bits per heavy atom. The lowest BCUT2D eigenvalue weighted by Gasteiger charge is -2.41. The quantitative estimate of drug-likeness (QED) is 0.227. The number of ether oxygens (including phenoxy) is 3. The molecular formula is C24H33NO4Si. The summed E-state index contributed by atoms with van der Waals surface area (Å²) in [4.78, 5) is 14.1. The highest BCUT2D eigenvalue weighted by molar-refractivity contribution is 6.76. The van der Waals surface area contributed by atoms with Crippen LogP contribution in [0.4, 0.5) is 5.69 Å². The van der Waals surface area contributed by atoms with Gasteiger partial charge in [-0.05, 0) is 54.9 Å². The predicted molar refractivity (Wildman–Crippen MR) is 123 cm³/mol. The second-order valence-electron chi connectivity index (χ2n) is 8.92. The number of esters is 1. The van der Waals surface area contributed by atoms with Crippen LogP contribution in [0.15, 0.2) is 48.5 Å². The van der Waals surface area contributed by atoms with E-state index in [2.05, 4.69) is 36.7 Å². The first-order chi connectivity index (χ1) is 14.4. The van der Waals surface area contributed by atoms with Gasteiger partial charge in [-0.15, -0.1) is 0 Å². The van der Waals surface area contributed by atoms with Gasteiger partial charge >= 0.3 is 5.97 Å². The van der Waals surface area contributed by atoms with Gasteiger partial charge in [0, 0.05) is 39.4 Å². The fraction of sp³-hybridized carbons (Fsp3) is 0.458. The maximum atomic E-state index is 11.8. The molecule has 0 atom stereocenters. The van der Waals surface area contributed by atoms with Gasteiger partial charge in [-0.3, -0.25) is 0 Å². The van der Waals surface area contributed by atoms with E-state index in [1.54, 1.807) is 0 Å². The van der Waals surface area contributed by atoms with Crippen molar-refractivity contribution in [2.24, 2.45) is 0 Å². The summed E-state index contributed by atoms with van der Waals surface area (Å²) in [6.45, 7) is 12.3. The largest absolute Gasteiger partial charge is 0.468 e. The molecule has 2 aromatic rings. The van der Waals surface area contributed by atoms with Gasteiger partial charge in [-0.2, -0.15) is 0 Å². The first kappa shape index (κ1) is 22.4. The zero-order valence-corrected chi connectivity index (χ0v) is 19.5. The van der Waals surface area contributed by atoms with E-state index in [0.29, 0.717) is 24.9 Å². The van der Waals surface area contributed by atoms with Gasteiger partial charge in [0.25, 0.3) is 0 Å². The van der Waals surface area contributed by atoms with Gasteiger partial charge in [0.15, 0.2) is 6.79 Å². The van der Waals surface area contributed by atoms with Gasteiger partial charge in [0.1, 0.15) is 5.75 Å². The summed E-state index contributed by atoms with van der Waals surface area (Å²) in [5.74, 6) is 1.05. The Hall–Kier alpha value is -2.31. The second kappa shape index (κ2) is 10.1. The topological polar surface area (TPSA) is 48.0 Å². The molecule has 6 heteroatoms. The third-order valence-electron chi connectivity index (χ3n) is 5.28. The Labute approximate surface area is 181 Å². The van der Waals surface area contributed by atoms with E-state index in [1.165, 1.54) is 11.3 Å². The van der Waals surface area contributed by atoms with Gasteiger partial charge < -0.3 is 19.1 Å². The standard InChI is InChI=1S/C24H33NO4Si/c1-5-28-24(26)20-8-6-19(7-9-20)21-16-25(17-21)22-10-12-23(13-11-22)29-18-27-14-15-30(2,3)4/h6-13,21H,5,14-18H2,1-4H3. The van der Waals surface area contributed by atoms with Gasteiger partial charge in [0.05, 0.1) is 12.2 Å². The minimum absolute atomic E-state index is 0.261. The van der Waals surface area contributed by atoms with Crippen molar-refractivity contribution in [3.8, 4) is 5.75 Å². The number of nitrogens with zero attached hydrogens (tertiary/aromatic N) is 1. The van der Waals surface area contributed by atoms with Crippen LogP contribution in [0.5, 0.6) is 5.75 Å². The van der Waals surface area contributed by atoms with E-state index in [-0.39, 0.29) is 5.97 Å². The molecule has 0 N–H and O–H groups in total. The van der Waals surface area contributed by atoms with E-state index in [1.807, 2.05) is 43.3 Å². The summed E-state index contributed by atoms with van der Waals surface area (Å²) in [5, 5.41) is 0. The molecule has 1 fully saturated rings. The molecule has 5 nitrogen and oxygen atoms in total. The molecule has 0 spiro atoms. The Kier molecular flexibility index (Phi) is 7.56. The molecule has 0 aliphatic carbocycles. The van der Waals surface area contributed by atoms with Crippen LogP contribution in [0, 0.1) is 0 Å². The summed E-state index contributed by atoms with van der Waals surface area (Å²) in [7, 11) is -1.05. The average Bonchev–Trinajstić information content (AvgIpc) is 2.67. The SMILES string of the molecule is CCOC(=O)c1ccc(C2CN(c3ccc(OCOCC[Si](C)(C)C)cc3)C2)cc1. The molecule has 1 aliphatic heterocycles. The van der Waals surface area contributed by atoms with E-state index < -0.39 is 8.07 Å². The zero-order chi connectivity index (χ0) is 21.6. The summed E-state index contributed by atoms with van der Waals surface area (Å²) in [5.41, 5.74) is 3.06. The summed E-state index contributed by atoms with van der Waals surface area (Å²) in [6.07, 6.45) is 0. The van der Waals surface area contributed by atoms with Crippen molar-refractivity contribution < 1.29 is 19.0 Å². The minimum Gasteiger partial charge on any atom is -0.468 e. The highest BCUT2D eigenvalue weighted by atomic mass is 28.3. The molecule has 162 valence electrons. The van der Waals surface area contributed by atoms with E-state index >= 15 is 0 Å². The molecule has 3 rings (SSSR count). The molecule has 0 aromatic heterocycles. The summed E-state index contributed by atoms with van der Waals surface area (Å²) >= 11 is 0. The summed E-state index contributed by atoms with van der Waals surface area (Å²) < 4.78 is 16.3. The molecule has 0 bridgehead atoms. The predicted octanol–water partition coefficient (Wildman–Crippen LogP) is 5.16. The lowest BCUT2D eigenvalue weighted by atomic mass is 9.90. The van der Waals surface area contributed by atoms with Crippen molar-refractivity contribution in [3.63, 3.8) is 0 Å². The Morgan fingerprint density at radius 3 is 2.30 bits per heavy atom. The molecule has 0 amide bonds. The van der Waals surface area contributed by atoms with Crippen molar-refractivity contribution in [1.29, 1.82) is 0 Å². The third kappa shape index (κ3) is 6.34. The van der Waals surface area contributed by atoms with Crippen LogP contribution in [0.25, 0.3) is 0 Å². The van der Waals surface area contributed by atoms with Crippen molar-refractivity contribution in [1.82, 2.24) is 0 Å². The molecule has 2 aromatic carbocycles. The van der Waals surface area contributed by atoms with Crippen LogP contribution < -0.4 is 9.64 Å². The molecule has 1 aliphatic rings. The molecule has 0 unspecified atom stereocenters. The average molecular weight is 428 g/mol. The lowest BCUT2D eigenvalue weighted by molar-refractivity contribution is 0.0220. The fourth-order valence-corrected chi connectivity index (χ4v) is 4.06. The van der Waals surface area contributed by atoms with Crippen LogP contribution in [0.1, 0.15) is 28.8 Å². The number of hydrogen-bond acceptors (Lipinski definition) is 5. The third-order valence-corrected chi connectivity index (χ3v) is 6.99. The van der Waals surface area contributed by atoms with E-state index in [9.17, 15) is 4.79 Å². The molecule has 1 heterocycles. The molecule has 30 heavy (non-hydrogen) atoms. The maximum absolute atomic E-state index is 11.8. The van der Waals surface area contributed by atoms with Crippen LogP contribution in [-0.2, 0) is 9.47 Å². The van der Waals surface area contributed by atoms with Crippen LogP contribution in [0.3, 0.4) is 0 Å². The fourth-order valence-electron chi connectivity index (χ4n) is 3.31. The molecule has 0 saturated carbocycles. The number of benzene rings is 2. The molecule has 0 radical (unpaired) electrons. The maximum Gasteiger partial charge on any atom is 0.338 e. The van der Waals surface area contributed by atoms with E-state index in [4.69, 9.17) is 14.2 Å². The lowest BCUT2D eigenvalue weighted by Crippen LogP contribution is -2.45. The Morgan fingerprint density at radius 1 is 1.03 bits per heavy atom. The smallest absolute Gasteiger partial charge is 0.338 e. The van der Waals surface area contributed by atoms with Gasteiger partial charge in [-0.1, -0.05) is 31.8 Å². The van der Waals surface area contributed by atoms with Crippen molar-refractivity contribution >= 4 is 19.7 Å². The van der Waals surface area contributed by atoms with E-state index in [0.717, 1.165) is 31.5 Å². The van der Waals surface area contributed by atoms with Crippen LogP contribution in [0.2, 0.25) is 25.7 Å². The van der Waals surface area contributed by atoms with Crippen molar-refractivity contribution in [2.75, 3.05) is 38.0 Å². The number of anilines is 1. The summed E-state index contributed by atoms with van der Waals surface area (Å²) in [6, 6.07) is 17.1. The van der Waals surface area contributed by atoms with Crippen molar-refractivity contribution in [3.05, 3.63) is 59.7 Å². The minimum atomic E-state index is -1.05.